The second kappa shape index (κ2) is 8.94. The van der Waals surface area contributed by atoms with Gasteiger partial charge in [-0.3, -0.25) is 11.3 Å². The Bertz CT molecular complexity index is 354. The van der Waals surface area contributed by atoms with Crippen LogP contribution in [0.15, 0.2) is 24.3 Å². The Morgan fingerprint density at radius 1 is 1.26 bits per heavy atom. The second-order valence-corrected chi connectivity index (χ2v) is 5.11. The molecular weight excluding hydrogens is 236 g/mol. The number of unbranched alkanes of at least 4 members (excludes halogenated alkanes) is 1. The summed E-state index contributed by atoms with van der Waals surface area (Å²) in [6.45, 7) is 4.50. The second-order valence-electron chi connectivity index (χ2n) is 5.11. The third-order valence-electron chi connectivity index (χ3n) is 3.83. The third-order valence-corrected chi connectivity index (χ3v) is 3.83. The summed E-state index contributed by atoms with van der Waals surface area (Å²) in [5.41, 5.74) is 4.11. The molecule has 0 aliphatic carbocycles. The monoisotopic (exact) mass is 264 g/mol. The number of para-hydroxylation sites is 1. The Balaban J connectivity index is 2.75. The van der Waals surface area contributed by atoms with Crippen LogP contribution in [0.2, 0.25) is 0 Å². The van der Waals surface area contributed by atoms with Gasteiger partial charge in [0.2, 0.25) is 0 Å². The lowest BCUT2D eigenvalue weighted by Crippen LogP contribution is -2.30. The Kier molecular flexibility index (Phi) is 7.53. The third kappa shape index (κ3) is 4.84. The lowest BCUT2D eigenvalue weighted by Gasteiger charge is -2.24. The molecule has 0 amide bonds. The maximum atomic E-state index is 5.75. The van der Waals surface area contributed by atoms with Crippen molar-refractivity contribution in [3.8, 4) is 5.75 Å². The fourth-order valence-corrected chi connectivity index (χ4v) is 2.55. The first-order valence-electron chi connectivity index (χ1n) is 7.35. The number of nitrogens with one attached hydrogen (secondary N) is 1. The molecule has 3 heteroatoms. The number of nitrogens with two attached hydrogens (primary N) is 1. The maximum absolute atomic E-state index is 5.75. The van der Waals surface area contributed by atoms with Gasteiger partial charge in [-0.25, -0.2) is 0 Å². The molecule has 3 nitrogen and oxygen atoms in total. The van der Waals surface area contributed by atoms with Crippen LogP contribution >= 0.6 is 0 Å². The van der Waals surface area contributed by atoms with Crippen molar-refractivity contribution >= 4 is 0 Å². The van der Waals surface area contributed by atoms with Crippen LogP contribution in [0.5, 0.6) is 5.75 Å². The number of hydrazine groups is 1. The van der Waals surface area contributed by atoms with Crippen LogP contribution < -0.4 is 16.0 Å². The van der Waals surface area contributed by atoms with E-state index in [0.29, 0.717) is 5.92 Å². The number of hydrogen-bond acceptors (Lipinski definition) is 3. The van der Waals surface area contributed by atoms with Gasteiger partial charge in [-0.05, 0) is 18.4 Å². The molecule has 0 aliphatic rings. The minimum Gasteiger partial charge on any atom is -0.496 e. The molecule has 108 valence electrons. The number of methoxy groups -OCH3 is 1. The van der Waals surface area contributed by atoms with E-state index >= 15 is 0 Å². The normalized spacial score (nSPS) is 14.1. The molecule has 0 radical (unpaired) electrons. The highest BCUT2D eigenvalue weighted by atomic mass is 16.5. The average molecular weight is 264 g/mol. The zero-order valence-corrected chi connectivity index (χ0v) is 12.5. The molecule has 0 aliphatic heterocycles. The molecule has 1 aromatic rings. The SMILES string of the molecule is CCCCC(CC)CC(NN)c1ccccc1OC. The van der Waals surface area contributed by atoms with Crippen molar-refractivity contribution in [3.63, 3.8) is 0 Å². The molecule has 2 atom stereocenters. The van der Waals surface area contributed by atoms with Crippen molar-refractivity contribution in [1.29, 1.82) is 0 Å². The van der Waals surface area contributed by atoms with Crippen molar-refractivity contribution in [3.05, 3.63) is 29.8 Å². The molecule has 0 aromatic heterocycles. The van der Waals surface area contributed by atoms with E-state index in [1.54, 1.807) is 7.11 Å². The molecule has 2 unspecified atom stereocenters. The Hall–Kier alpha value is -1.06. The van der Waals surface area contributed by atoms with E-state index in [0.717, 1.165) is 17.7 Å². The van der Waals surface area contributed by atoms with Gasteiger partial charge >= 0.3 is 0 Å². The van der Waals surface area contributed by atoms with Gasteiger partial charge < -0.3 is 4.74 Å². The summed E-state index contributed by atoms with van der Waals surface area (Å²) in [4.78, 5) is 0. The van der Waals surface area contributed by atoms with Crippen molar-refractivity contribution < 1.29 is 4.74 Å². The van der Waals surface area contributed by atoms with Gasteiger partial charge in [0, 0.05) is 11.6 Å². The molecule has 0 saturated carbocycles. The fourth-order valence-electron chi connectivity index (χ4n) is 2.55. The van der Waals surface area contributed by atoms with Gasteiger partial charge in [0.05, 0.1) is 7.11 Å². The highest BCUT2D eigenvalue weighted by molar-refractivity contribution is 5.35. The van der Waals surface area contributed by atoms with Crippen molar-refractivity contribution in [2.75, 3.05) is 7.11 Å². The maximum Gasteiger partial charge on any atom is 0.123 e. The number of ether oxygens (including phenoxy) is 1. The molecule has 1 rings (SSSR count). The first kappa shape index (κ1) is 16.0. The van der Waals surface area contributed by atoms with Crippen molar-refractivity contribution in [2.45, 2.75) is 52.0 Å². The quantitative estimate of drug-likeness (QED) is 0.527. The van der Waals surface area contributed by atoms with Crippen LogP contribution in [0.25, 0.3) is 0 Å². The van der Waals surface area contributed by atoms with E-state index in [4.69, 9.17) is 10.6 Å². The van der Waals surface area contributed by atoms with E-state index in [1.807, 2.05) is 18.2 Å². The fraction of sp³-hybridized carbons (Fsp3) is 0.625. The Morgan fingerprint density at radius 2 is 2.00 bits per heavy atom. The van der Waals surface area contributed by atoms with Gasteiger partial charge in [-0.2, -0.15) is 0 Å². The number of hydrogen-bond donors (Lipinski definition) is 2. The highest BCUT2D eigenvalue weighted by Crippen LogP contribution is 2.31. The van der Waals surface area contributed by atoms with Crippen LogP contribution in [0.1, 0.15) is 57.6 Å². The summed E-state index contributed by atoms with van der Waals surface area (Å²) in [6, 6.07) is 8.28. The molecule has 0 bridgehead atoms. The summed E-state index contributed by atoms with van der Waals surface area (Å²) in [7, 11) is 1.71. The largest absolute Gasteiger partial charge is 0.496 e. The first-order chi connectivity index (χ1) is 9.26. The topological polar surface area (TPSA) is 47.3 Å². The molecule has 0 fully saturated rings. The van der Waals surface area contributed by atoms with Gasteiger partial charge in [-0.15, -0.1) is 0 Å². The van der Waals surface area contributed by atoms with Crippen LogP contribution in [0.4, 0.5) is 0 Å². The zero-order valence-electron chi connectivity index (χ0n) is 12.5. The van der Waals surface area contributed by atoms with E-state index in [2.05, 4.69) is 25.3 Å². The van der Waals surface area contributed by atoms with Crippen LogP contribution in [0.3, 0.4) is 0 Å². The van der Waals surface area contributed by atoms with Crippen molar-refractivity contribution in [1.82, 2.24) is 5.43 Å². The highest BCUT2D eigenvalue weighted by Gasteiger charge is 2.18. The predicted octanol–water partition coefficient (Wildman–Crippen LogP) is 3.81. The molecule has 3 N–H and O–H groups in total. The van der Waals surface area contributed by atoms with Crippen LogP contribution in [-0.4, -0.2) is 7.11 Å². The molecule has 1 aromatic carbocycles. The van der Waals surface area contributed by atoms with Gasteiger partial charge in [0.15, 0.2) is 0 Å². The first-order valence-corrected chi connectivity index (χ1v) is 7.35. The lowest BCUT2D eigenvalue weighted by atomic mass is 9.89. The van der Waals surface area contributed by atoms with E-state index in [1.165, 1.54) is 25.7 Å². The van der Waals surface area contributed by atoms with Gasteiger partial charge in [-0.1, -0.05) is 57.7 Å². The van der Waals surface area contributed by atoms with E-state index < -0.39 is 0 Å². The van der Waals surface area contributed by atoms with E-state index in [-0.39, 0.29) is 6.04 Å². The minimum absolute atomic E-state index is 0.165. The Morgan fingerprint density at radius 3 is 2.58 bits per heavy atom. The van der Waals surface area contributed by atoms with Crippen molar-refractivity contribution in [2.24, 2.45) is 11.8 Å². The standard InChI is InChI=1S/C16H28N2O/c1-4-6-9-13(5-2)12-15(18-17)14-10-7-8-11-16(14)19-3/h7-8,10-11,13,15,18H,4-6,9,12,17H2,1-3H3. The number of benzene rings is 1. The Labute approximate surface area is 117 Å². The summed E-state index contributed by atoms with van der Waals surface area (Å²) in [5.74, 6) is 7.38. The molecule has 0 saturated heterocycles. The number of rotatable bonds is 9. The lowest BCUT2D eigenvalue weighted by molar-refractivity contribution is 0.343. The van der Waals surface area contributed by atoms with Gasteiger partial charge in [0.1, 0.15) is 5.75 Å². The van der Waals surface area contributed by atoms with Crippen LogP contribution in [0, 0.1) is 5.92 Å². The average Bonchev–Trinajstić information content (AvgIpc) is 2.47. The summed E-state index contributed by atoms with van der Waals surface area (Å²) in [6.07, 6.45) is 6.09. The molecule has 0 spiro atoms. The molecule has 0 heterocycles. The smallest absolute Gasteiger partial charge is 0.123 e. The molecular formula is C16H28N2O. The van der Waals surface area contributed by atoms with E-state index in [9.17, 15) is 0 Å². The summed E-state index contributed by atoms with van der Waals surface area (Å²) < 4.78 is 5.43. The van der Waals surface area contributed by atoms with Crippen LogP contribution in [-0.2, 0) is 0 Å². The minimum atomic E-state index is 0.165. The summed E-state index contributed by atoms with van der Waals surface area (Å²) in [5, 5.41) is 0. The predicted molar refractivity (Wildman–Crippen MR) is 81.0 cm³/mol. The molecule has 19 heavy (non-hydrogen) atoms. The summed E-state index contributed by atoms with van der Waals surface area (Å²) >= 11 is 0. The zero-order chi connectivity index (χ0) is 14.1. The van der Waals surface area contributed by atoms with Gasteiger partial charge in [0.25, 0.3) is 0 Å².